The first-order valence-electron chi connectivity index (χ1n) is 4.44. The fourth-order valence-corrected chi connectivity index (χ4v) is 0.581. The van der Waals surface area contributed by atoms with Gasteiger partial charge in [0.15, 0.2) is 0 Å². The Hall–Kier alpha value is -0.0752. The third-order valence-corrected chi connectivity index (χ3v) is 1.02. The van der Waals surface area contributed by atoms with Gasteiger partial charge in [-0.25, -0.2) is 4.79 Å². The zero-order valence-electron chi connectivity index (χ0n) is 12.5. The summed E-state index contributed by atoms with van der Waals surface area (Å²) in [5.74, 6) is -0.879. The van der Waals surface area contributed by atoms with Gasteiger partial charge in [-0.2, -0.15) is 0 Å². The fourth-order valence-electron chi connectivity index (χ4n) is 0.581. The molecule has 0 aliphatic rings. The molecule has 0 atom stereocenters. The second kappa shape index (κ2) is 17.1. The Bertz CT molecular complexity index is 850. The molecule has 0 radical (unpaired) electrons. The molecule has 0 fully saturated rings. The molecule has 150 valence electrons. The molecule has 0 saturated carbocycles. The minimum atomic E-state index is -5.62. The van der Waals surface area contributed by atoms with E-state index in [2.05, 4.69) is 0 Å². The topological polar surface area (TPSA) is 295 Å². The average molecular weight is 538 g/mol. The summed E-state index contributed by atoms with van der Waals surface area (Å²) in [6.45, 7) is 0. The Labute approximate surface area is 192 Å². The van der Waals surface area contributed by atoms with Gasteiger partial charge in [-0.1, -0.05) is 18.2 Å². The van der Waals surface area contributed by atoms with Gasteiger partial charge in [0, 0.05) is 0 Å². The van der Waals surface area contributed by atoms with E-state index in [0.29, 0.717) is 5.56 Å². The Morgan fingerprint density at radius 2 is 0.885 bits per heavy atom. The summed E-state index contributed by atoms with van der Waals surface area (Å²) in [5, 5.41) is 8.38. The number of hydrogen-bond donors (Lipinski definition) is 1. The number of carbonyl (C=O) groups is 1. The standard InChI is InChI=1S/C7H6O2.K.3Mn.H4O.12O/c8-7(9)6-4-2-1-3-5-6;;;;;;;;;;;;;;;;;/h1-5H,(H,8,9);;;;;1H4;;;;;;;;;;;;/q;+1;;;;+2;;;;;;;;;;3*-1. The van der Waals surface area contributed by atoms with Crippen LogP contribution in [0.4, 0.5) is 0 Å². The first kappa shape index (κ1) is 36.8. The normalized spacial score (nSPS) is 9.65. The maximum atomic E-state index is 10.2. The average Bonchev–Trinajstić information content (AvgIpc) is 2.23. The molecular weight excluding hydrogens is 528 g/mol. The molecule has 0 unspecified atom stereocenters. The van der Waals surface area contributed by atoms with Crippen molar-refractivity contribution in [1.82, 2.24) is 0 Å². The van der Waals surface area contributed by atoms with E-state index in [1.54, 1.807) is 30.3 Å². The van der Waals surface area contributed by atoms with Crippen LogP contribution in [0, 0.1) is 0 Å². The van der Waals surface area contributed by atoms with Crippen molar-refractivity contribution < 1.29 is 153 Å². The summed E-state index contributed by atoms with van der Waals surface area (Å²) in [6.07, 6.45) is 0. The van der Waals surface area contributed by atoms with Crippen molar-refractivity contribution >= 4 is 5.97 Å². The van der Waals surface area contributed by atoms with Crippen molar-refractivity contribution in [2.75, 3.05) is 0 Å². The molecule has 26 heavy (non-hydrogen) atoms. The van der Waals surface area contributed by atoms with Crippen molar-refractivity contribution in [3.63, 3.8) is 0 Å². The summed E-state index contributed by atoms with van der Waals surface area (Å²) in [5.41, 5.74) is 0.331. The molecule has 0 aliphatic heterocycles. The van der Waals surface area contributed by atoms with E-state index in [9.17, 15) is 4.79 Å². The third-order valence-electron chi connectivity index (χ3n) is 1.02. The van der Waals surface area contributed by atoms with Crippen LogP contribution in [-0.2, 0) is 78.9 Å². The van der Waals surface area contributed by atoms with Gasteiger partial charge < -0.3 is 10.6 Å². The summed E-state index contributed by atoms with van der Waals surface area (Å²) in [6, 6.07) is 8.30. The van der Waals surface area contributed by atoms with Crippen molar-refractivity contribution in [3.05, 3.63) is 35.9 Å². The SMILES string of the molecule is O=C(O)c1ccccc1.[K+].[OH4+2].[O]=[Mn](=[O])(=[O])[O-].[O]=[Mn](=[O])(=[O])[O-].[O]=[Mn](=[O])(=[O])[O-]. The summed E-state index contributed by atoms with van der Waals surface area (Å²) in [4.78, 5) is 10.2. The van der Waals surface area contributed by atoms with E-state index < -0.39 is 44.9 Å². The summed E-state index contributed by atoms with van der Waals surface area (Å²) >= 11 is -16.9. The van der Waals surface area contributed by atoms with Gasteiger partial charge in [0.05, 0.1) is 5.56 Å². The first-order chi connectivity index (χ1) is 10.3. The molecule has 15 nitrogen and oxygen atoms in total. The van der Waals surface area contributed by atoms with Gasteiger partial charge in [0.1, 0.15) is 0 Å². The van der Waals surface area contributed by atoms with Gasteiger partial charge in [0.25, 0.3) is 0 Å². The van der Waals surface area contributed by atoms with Crippen molar-refractivity contribution in [2.24, 2.45) is 0 Å². The number of carboxylic acids is 1. The van der Waals surface area contributed by atoms with Crippen LogP contribution >= 0.6 is 0 Å². The molecule has 0 aliphatic carbocycles. The summed E-state index contributed by atoms with van der Waals surface area (Å²) in [7, 11) is 0. The molecule has 0 heterocycles. The van der Waals surface area contributed by atoms with Crippen LogP contribution in [0.1, 0.15) is 10.4 Å². The van der Waals surface area contributed by atoms with Gasteiger partial charge >= 0.3 is 143 Å². The predicted molar refractivity (Wildman–Crippen MR) is 45.8 cm³/mol. The molecule has 0 bridgehead atoms. The molecule has 5 N–H and O–H groups in total. The maximum absolute atomic E-state index is 10.2. The zero-order valence-corrected chi connectivity index (χ0v) is 19.1. The fraction of sp³-hybridized carbons (Fsp3) is 0. The number of hydrogen-bond acceptors (Lipinski definition) is 13. The van der Waals surface area contributed by atoms with E-state index in [0.717, 1.165) is 0 Å². The van der Waals surface area contributed by atoms with E-state index in [1.165, 1.54) is 0 Å². The van der Waals surface area contributed by atoms with E-state index in [-0.39, 0.29) is 56.9 Å². The van der Waals surface area contributed by atoms with Crippen LogP contribution in [0.5, 0.6) is 0 Å². The van der Waals surface area contributed by atoms with Crippen LogP contribution in [0.25, 0.3) is 0 Å². The van der Waals surface area contributed by atoms with Crippen LogP contribution in [0.2, 0.25) is 0 Å². The Morgan fingerprint density at radius 3 is 1.00 bits per heavy atom. The van der Waals surface area contributed by atoms with Gasteiger partial charge in [-0.3, -0.25) is 0 Å². The quantitative estimate of drug-likeness (QED) is 0.325. The van der Waals surface area contributed by atoms with E-state index in [4.69, 9.17) is 52.2 Å². The molecule has 19 heteroatoms. The van der Waals surface area contributed by atoms with Crippen LogP contribution in [0.3, 0.4) is 0 Å². The van der Waals surface area contributed by atoms with Crippen molar-refractivity contribution in [3.8, 4) is 0 Å². The molecule has 1 rings (SSSR count). The second-order valence-electron chi connectivity index (χ2n) is 2.81. The third kappa shape index (κ3) is 88.4. The van der Waals surface area contributed by atoms with Crippen molar-refractivity contribution in [1.29, 1.82) is 0 Å². The van der Waals surface area contributed by atoms with Gasteiger partial charge in [-0.05, 0) is 12.1 Å². The van der Waals surface area contributed by atoms with Crippen LogP contribution in [-0.4, -0.2) is 11.1 Å². The number of carboxylic acid groups (broad SMARTS) is 1. The van der Waals surface area contributed by atoms with Crippen LogP contribution < -0.4 is 64.0 Å². The second-order valence-corrected chi connectivity index (χ2v) is 6.35. The first-order valence-corrected chi connectivity index (χ1v) is 10.2. The minimum absolute atomic E-state index is 0. The van der Waals surface area contributed by atoms with E-state index in [1.807, 2.05) is 0 Å². The molecule has 1 aromatic carbocycles. The molecule has 0 aromatic heterocycles. The number of aromatic carboxylic acids is 1. The molecule has 1 aromatic rings. The Kier molecular flexibility index (Phi) is 24.1. The molecule has 0 saturated heterocycles. The van der Waals surface area contributed by atoms with Gasteiger partial charge in [-0.15, -0.1) is 0 Å². The number of benzene rings is 1. The Morgan fingerprint density at radius 1 is 0.692 bits per heavy atom. The number of rotatable bonds is 1. The molecule has 0 spiro atoms. The van der Waals surface area contributed by atoms with E-state index >= 15 is 0 Å². The monoisotopic (exact) mass is 538 g/mol. The molecular formula is C7H10KMn3O15. The molecule has 0 amide bonds. The van der Waals surface area contributed by atoms with Crippen molar-refractivity contribution in [2.45, 2.75) is 0 Å². The van der Waals surface area contributed by atoms with Crippen LogP contribution in [0.15, 0.2) is 30.3 Å². The zero-order chi connectivity index (χ0) is 20.2. The van der Waals surface area contributed by atoms with Gasteiger partial charge in [0.2, 0.25) is 0 Å². The Balaban J connectivity index is -0.0000000771. The predicted octanol–water partition coefficient (Wildman–Crippen LogP) is -7.44. The summed E-state index contributed by atoms with van der Waals surface area (Å²) < 4.78 is 103.